The van der Waals surface area contributed by atoms with E-state index in [2.05, 4.69) is 4.72 Å². The highest BCUT2D eigenvalue weighted by Crippen LogP contribution is 2.23. The van der Waals surface area contributed by atoms with Crippen LogP contribution in [-0.4, -0.2) is 32.3 Å². The number of rotatable bonds is 4. The Kier molecular flexibility index (Phi) is 5.56. The lowest BCUT2D eigenvalue weighted by atomic mass is 10.1. The van der Waals surface area contributed by atoms with Gasteiger partial charge in [0.1, 0.15) is 0 Å². The van der Waals surface area contributed by atoms with Gasteiger partial charge in [0.25, 0.3) is 15.9 Å². The van der Waals surface area contributed by atoms with E-state index in [0.29, 0.717) is 16.8 Å². The van der Waals surface area contributed by atoms with Crippen LogP contribution in [0.3, 0.4) is 0 Å². The number of carbonyl (C=O) groups is 1. The number of hydrogen-bond acceptors (Lipinski definition) is 3. The number of carbonyl (C=O) groups excluding carboxylic acids is 1. The van der Waals surface area contributed by atoms with Crippen molar-refractivity contribution in [1.29, 1.82) is 0 Å². The lowest BCUT2D eigenvalue weighted by molar-refractivity contribution is 0.0724. The molecule has 1 N–H and O–H groups in total. The van der Waals surface area contributed by atoms with E-state index in [0.717, 1.165) is 43.5 Å². The lowest BCUT2D eigenvalue weighted by Crippen LogP contribution is -2.35. The van der Waals surface area contributed by atoms with Gasteiger partial charge in [-0.15, -0.1) is 0 Å². The van der Waals surface area contributed by atoms with Crippen LogP contribution in [0.25, 0.3) is 0 Å². The summed E-state index contributed by atoms with van der Waals surface area (Å²) < 4.78 is 28.5. The van der Waals surface area contributed by atoms with Crippen molar-refractivity contribution in [3.8, 4) is 0 Å². The van der Waals surface area contributed by atoms with Crippen LogP contribution in [0, 0.1) is 20.8 Å². The Hall–Kier alpha value is -2.34. The molecular weight excluding hydrogens is 360 g/mol. The summed E-state index contributed by atoms with van der Waals surface area (Å²) in [6.07, 6.45) is 3.13. The first-order valence-electron chi connectivity index (χ1n) is 9.28. The standard InChI is InChI=1S/C21H26N2O3S/c1-15-8-10-19(13-17(15)3)22-27(25,26)20-14-18(9-7-16(20)2)21(24)23-11-5-4-6-12-23/h7-10,13-14,22H,4-6,11-12H2,1-3H3. The molecule has 0 aliphatic carbocycles. The van der Waals surface area contributed by atoms with Gasteiger partial charge in [0, 0.05) is 24.3 Å². The summed E-state index contributed by atoms with van der Waals surface area (Å²) in [7, 11) is -3.78. The number of piperidine rings is 1. The average Bonchev–Trinajstić information content (AvgIpc) is 2.65. The van der Waals surface area contributed by atoms with E-state index in [9.17, 15) is 13.2 Å². The SMILES string of the molecule is Cc1ccc(NS(=O)(=O)c2cc(C(=O)N3CCCCC3)ccc2C)cc1C. The van der Waals surface area contributed by atoms with Gasteiger partial charge in [-0.3, -0.25) is 9.52 Å². The van der Waals surface area contributed by atoms with E-state index in [1.165, 1.54) is 6.07 Å². The number of nitrogens with zero attached hydrogens (tertiary/aromatic N) is 1. The molecule has 0 radical (unpaired) electrons. The van der Waals surface area contributed by atoms with E-state index < -0.39 is 10.0 Å². The fourth-order valence-corrected chi connectivity index (χ4v) is 4.64. The van der Waals surface area contributed by atoms with Crippen molar-refractivity contribution in [2.45, 2.75) is 44.9 Å². The number of hydrogen-bond donors (Lipinski definition) is 1. The van der Waals surface area contributed by atoms with Gasteiger partial charge in [-0.1, -0.05) is 12.1 Å². The van der Waals surface area contributed by atoms with Crippen molar-refractivity contribution in [3.63, 3.8) is 0 Å². The first-order chi connectivity index (χ1) is 12.8. The van der Waals surface area contributed by atoms with Crippen LogP contribution in [0.4, 0.5) is 5.69 Å². The van der Waals surface area contributed by atoms with Crippen molar-refractivity contribution >= 4 is 21.6 Å². The van der Waals surface area contributed by atoms with Crippen LogP contribution < -0.4 is 4.72 Å². The van der Waals surface area contributed by atoms with Crippen LogP contribution in [-0.2, 0) is 10.0 Å². The Labute approximate surface area is 161 Å². The minimum atomic E-state index is -3.78. The van der Waals surface area contributed by atoms with Gasteiger partial charge >= 0.3 is 0 Å². The fraction of sp³-hybridized carbons (Fsp3) is 0.381. The third kappa shape index (κ3) is 4.33. The van der Waals surface area contributed by atoms with Gasteiger partial charge < -0.3 is 4.90 Å². The van der Waals surface area contributed by atoms with E-state index in [1.54, 1.807) is 30.0 Å². The quantitative estimate of drug-likeness (QED) is 0.862. The molecule has 1 fully saturated rings. The molecule has 6 heteroatoms. The van der Waals surface area contributed by atoms with Crippen LogP contribution in [0.2, 0.25) is 0 Å². The second-order valence-electron chi connectivity index (χ2n) is 7.24. The molecule has 0 spiro atoms. The summed E-state index contributed by atoms with van der Waals surface area (Å²) >= 11 is 0. The molecule has 5 nitrogen and oxygen atoms in total. The summed E-state index contributed by atoms with van der Waals surface area (Å²) in [4.78, 5) is 14.7. The predicted molar refractivity (Wildman–Crippen MR) is 108 cm³/mol. The first-order valence-corrected chi connectivity index (χ1v) is 10.8. The van der Waals surface area contributed by atoms with Crippen molar-refractivity contribution in [3.05, 3.63) is 58.7 Å². The highest BCUT2D eigenvalue weighted by atomic mass is 32.2. The van der Waals surface area contributed by atoms with Gasteiger partial charge in [-0.2, -0.15) is 0 Å². The van der Waals surface area contributed by atoms with Crippen LogP contribution in [0.15, 0.2) is 41.3 Å². The highest BCUT2D eigenvalue weighted by Gasteiger charge is 2.23. The monoisotopic (exact) mass is 386 g/mol. The molecule has 2 aromatic rings. The van der Waals surface area contributed by atoms with E-state index in [-0.39, 0.29) is 10.8 Å². The molecule has 0 bridgehead atoms. The molecule has 1 amide bonds. The molecule has 0 atom stereocenters. The molecule has 1 saturated heterocycles. The van der Waals surface area contributed by atoms with Crippen molar-refractivity contribution in [1.82, 2.24) is 4.90 Å². The Bertz CT molecular complexity index is 961. The zero-order valence-electron chi connectivity index (χ0n) is 16.1. The van der Waals surface area contributed by atoms with E-state index in [4.69, 9.17) is 0 Å². The molecular formula is C21H26N2O3S. The number of amides is 1. The lowest BCUT2D eigenvalue weighted by Gasteiger charge is -2.27. The molecule has 27 heavy (non-hydrogen) atoms. The number of benzene rings is 2. The zero-order chi connectivity index (χ0) is 19.6. The van der Waals surface area contributed by atoms with Gasteiger partial charge in [-0.05, 0) is 81.0 Å². The van der Waals surface area contributed by atoms with Crippen LogP contribution in [0.5, 0.6) is 0 Å². The molecule has 0 saturated carbocycles. The maximum Gasteiger partial charge on any atom is 0.262 e. The molecule has 0 unspecified atom stereocenters. The number of likely N-dealkylation sites (tertiary alicyclic amines) is 1. The predicted octanol–water partition coefficient (Wildman–Crippen LogP) is 4.04. The summed E-state index contributed by atoms with van der Waals surface area (Å²) in [5.41, 5.74) is 3.67. The summed E-state index contributed by atoms with van der Waals surface area (Å²) in [5, 5.41) is 0. The third-order valence-corrected chi connectivity index (χ3v) is 6.65. The van der Waals surface area contributed by atoms with Gasteiger partial charge in [-0.25, -0.2) is 8.42 Å². The third-order valence-electron chi connectivity index (χ3n) is 5.13. The van der Waals surface area contributed by atoms with E-state index in [1.807, 2.05) is 26.0 Å². The largest absolute Gasteiger partial charge is 0.339 e. The van der Waals surface area contributed by atoms with Crippen LogP contribution in [0.1, 0.15) is 46.3 Å². The number of sulfonamides is 1. The second-order valence-corrected chi connectivity index (χ2v) is 8.89. The summed E-state index contributed by atoms with van der Waals surface area (Å²) in [6.45, 7) is 7.12. The Morgan fingerprint density at radius 3 is 2.22 bits per heavy atom. The summed E-state index contributed by atoms with van der Waals surface area (Å²) in [5.74, 6) is -0.0997. The fourth-order valence-electron chi connectivity index (χ4n) is 3.32. The van der Waals surface area contributed by atoms with Gasteiger partial charge in [0.2, 0.25) is 0 Å². The smallest absolute Gasteiger partial charge is 0.262 e. The molecule has 1 aliphatic rings. The first kappa shape index (κ1) is 19.4. The molecule has 1 heterocycles. The molecule has 2 aromatic carbocycles. The van der Waals surface area contributed by atoms with Gasteiger partial charge in [0.05, 0.1) is 4.90 Å². The van der Waals surface area contributed by atoms with Crippen molar-refractivity contribution < 1.29 is 13.2 Å². The molecule has 1 aliphatic heterocycles. The average molecular weight is 387 g/mol. The number of aryl methyl sites for hydroxylation is 3. The molecule has 3 rings (SSSR count). The maximum absolute atomic E-state index is 12.9. The minimum absolute atomic E-state index is 0.0997. The Morgan fingerprint density at radius 2 is 1.56 bits per heavy atom. The normalized spacial score (nSPS) is 14.9. The number of anilines is 1. The second kappa shape index (κ2) is 7.72. The zero-order valence-corrected chi connectivity index (χ0v) is 16.9. The van der Waals surface area contributed by atoms with Crippen LogP contribution >= 0.6 is 0 Å². The van der Waals surface area contributed by atoms with E-state index >= 15 is 0 Å². The number of nitrogens with one attached hydrogen (secondary N) is 1. The Balaban J connectivity index is 1.90. The molecule has 144 valence electrons. The van der Waals surface area contributed by atoms with Crippen molar-refractivity contribution in [2.24, 2.45) is 0 Å². The Morgan fingerprint density at radius 1 is 0.889 bits per heavy atom. The minimum Gasteiger partial charge on any atom is -0.339 e. The van der Waals surface area contributed by atoms with Crippen molar-refractivity contribution in [2.75, 3.05) is 17.8 Å². The van der Waals surface area contributed by atoms with Gasteiger partial charge in [0.15, 0.2) is 0 Å². The maximum atomic E-state index is 12.9. The topological polar surface area (TPSA) is 66.5 Å². The highest BCUT2D eigenvalue weighted by molar-refractivity contribution is 7.92. The summed E-state index contributed by atoms with van der Waals surface area (Å²) in [6, 6.07) is 10.3. The molecule has 0 aromatic heterocycles.